The molecule has 1 unspecified atom stereocenters. The number of hydrogen-bond acceptors (Lipinski definition) is 7. The number of fused-ring (bicyclic) bond motifs is 4. The number of carbonyl (C=O) groups is 4. The maximum Gasteiger partial charge on any atom is 0.409 e. The van der Waals surface area contributed by atoms with Gasteiger partial charge in [-0.05, 0) is 41.3 Å². The summed E-state index contributed by atoms with van der Waals surface area (Å²) in [6.07, 6.45) is -0.588. The van der Waals surface area contributed by atoms with E-state index in [4.69, 9.17) is 14.3 Å². The summed E-state index contributed by atoms with van der Waals surface area (Å²) in [5.74, 6) is -2.51. The van der Waals surface area contributed by atoms with E-state index in [9.17, 15) is 19.2 Å². The lowest BCUT2D eigenvalue weighted by Crippen LogP contribution is -2.58. The average Bonchev–Trinajstić information content (AvgIpc) is 3.39. The largest absolute Gasteiger partial charge is 0.448 e. The summed E-state index contributed by atoms with van der Waals surface area (Å²) in [7, 11) is 0. The average molecular weight is 513 g/mol. The predicted molar refractivity (Wildman–Crippen MR) is 134 cm³/mol. The molecule has 9 heteroatoms. The van der Waals surface area contributed by atoms with Crippen LogP contribution >= 0.6 is 0 Å². The highest BCUT2D eigenvalue weighted by atomic mass is 16.7. The molecule has 0 aromatic heterocycles. The van der Waals surface area contributed by atoms with Gasteiger partial charge in [0.1, 0.15) is 6.61 Å². The Bertz CT molecular complexity index is 1400. The Hall–Kier alpha value is -4.50. The molecule has 6 rings (SSSR count). The molecule has 0 N–H and O–H groups in total. The van der Waals surface area contributed by atoms with Gasteiger partial charge in [-0.15, -0.1) is 0 Å². The van der Waals surface area contributed by atoms with Crippen molar-refractivity contribution in [3.05, 3.63) is 95.1 Å². The lowest BCUT2D eigenvalue weighted by molar-refractivity contribution is -0.201. The molecule has 0 spiro atoms. The zero-order chi connectivity index (χ0) is 26.4. The highest BCUT2D eigenvalue weighted by Gasteiger charge is 2.47. The summed E-state index contributed by atoms with van der Waals surface area (Å²) in [5.41, 5.74) is 3.15. The van der Waals surface area contributed by atoms with Gasteiger partial charge in [0.2, 0.25) is 0 Å². The van der Waals surface area contributed by atoms with Crippen molar-refractivity contribution in [1.82, 2.24) is 9.96 Å². The molecule has 0 radical (unpaired) electrons. The zero-order valence-electron chi connectivity index (χ0n) is 20.6. The van der Waals surface area contributed by atoms with Crippen molar-refractivity contribution in [1.29, 1.82) is 0 Å². The predicted octanol–water partition coefficient (Wildman–Crippen LogP) is 3.78. The van der Waals surface area contributed by atoms with E-state index in [-0.39, 0.29) is 43.3 Å². The van der Waals surface area contributed by atoms with E-state index in [1.165, 1.54) is 24.0 Å². The van der Waals surface area contributed by atoms with E-state index in [0.29, 0.717) is 5.06 Å². The molecular formula is C29H24N2O7. The molecule has 1 atom stereocenters. The third-order valence-corrected chi connectivity index (χ3v) is 7.23. The summed E-state index contributed by atoms with van der Waals surface area (Å²) >= 11 is 0. The van der Waals surface area contributed by atoms with Crippen LogP contribution in [-0.4, -0.2) is 65.7 Å². The Morgan fingerprint density at radius 2 is 1.39 bits per heavy atom. The summed E-state index contributed by atoms with van der Waals surface area (Å²) in [5, 5.41) is 0.438. The van der Waals surface area contributed by atoms with Crippen LogP contribution in [0.5, 0.6) is 0 Å². The van der Waals surface area contributed by atoms with Gasteiger partial charge >= 0.3 is 12.1 Å². The number of hydroxylamine groups is 2. The van der Waals surface area contributed by atoms with Crippen molar-refractivity contribution >= 4 is 23.9 Å². The molecule has 192 valence electrons. The number of rotatable bonds is 4. The molecule has 1 saturated heterocycles. The van der Waals surface area contributed by atoms with Gasteiger partial charge in [-0.2, -0.15) is 0 Å². The summed E-state index contributed by atoms with van der Waals surface area (Å²) < 4.78 is 11.4. The number of benzene rings is 3. The smallest absolute Gasteiger partial charge is 0.409 e. The fraction of sp³-hybridized carbons (Fsp3) is 0.241. The van der Waals surface area contributed by atoms with Gasteiger partial charge < -0.3 is 19.2 Å². The topological polar surface area (TPSA) is 102 Å². The van der Waals surface area contributed by atoms with Gasteiger partial charge in [-0.25, -0.2) is 9.59 Å². The standard InChI is InChI=1S/C29H24N2O7/c1-29(27(34)38-31-25(32)22-12-6-7-13-23(22)26(31)33)17-30(14-15-37-29)28(35)36-16-24-20-10-4-2-8-18(20)19-9-3-5-11-21(19)24/h2-13,24H,14-17H2,1H3. The van der Waals surface area contributed by atoms with Gasteiger partial charge in [-0.3, -0.25) is 9.59 Å². The minimum absolute atomic E-state index is 0.0535. The second-order valence-corrected chi connectivity index (χ2v) is 9.63. The molecule has 1 aliphatic carbocycles. The zero-order valence-corrected chi connectivity index (χ0v) is 20.6. The Kier molecular flexibility index (Phi) is 5.72. The number of hydrogen-bond donors (Lipinski definition) is 0. The number of morpholine rings is 1. The Morgan fingerprint density at radius 3 is 1.97 bits per heavy atom. The van der Waals surface area contributed by atoms with Crippen LogP contribution in [-0.2, 0) is 19.1 Å². The van der Waals surface area contributed by atoms with Crippen molar-refractivity contribution < 1.29 is 33.5 Å². The molecule has 3 aromatic rings. The van der Waals surface area contributed by atoms with Gasteiger partial charge in [0.25, 0.3) is 11.8 Å². The van der Waals surface area contributed by atoms with Crippen molar-refractivity contribution in [3.63, 3.8) is 0 Å². The maximum absolute atomic E-state index is 13.1. The third-order valence-electron chi connectivity index (χ3n) is 7.23. The number of imide groups is 1. The van der Waals surface area contributed by atoms with Crippen molar-refractivity contribution in [2.45, 2.75) is 18.4 Å². The quantitative estimate of drug-likeness (QED) is 0.490. The van der Waals surface area contributed by atoms with Crippen LogP contribution in [0.3, 0.4) is 0 Å². The molecule has 3 aromatic carbocycles. The molecule has 9 nitrogen and oxygen atoms in total. The lowest BCUT2D eigenvalue weighted by Gasteiger charge is -2.38. The lowest BCUT2D eigenvalue weighted by atomic mass is 9.98. The van der Waals surface area contributed by atoms with E-state index in [2.05, 4.69) is 12.1 Å². The van der Waals surface area contributed by atoms with Gasteiger partial charge in [-0.1, -0.05) is 65.7 Å². The van der Waals surface area contributed by atoms with Crippen LogP contribution in [0.4, 0.5) is 4.79 Å². The molecule has 38 heavy (non-hydrogen) atoms. The highest BCUT2D eigenvalue weighted by Crippen LogP contribution is 2.44. The summed E-state index contributed by atoms with van der Waals surface area (Å²) in [6.45, 7) is 1.70. The third kappa shape index (κ3) is 3.83. The number of amides is 3. The molecule has 0 saturated carbocycles. The van der Waals surface area contributed by atoms with E-state index >= 15 is 0 Å². The van der Waals surface area contributed by atoms with Crippen molar-refractivity contribution in [2.75, 3.05) is 26.3 Å². The van der Waals surface area contributed by atoms with E-state index in [1.807, 2.05) is 36.4 Å². The number of carbonyl (C=O) groups excluding carboxylic acids is 4. The van der Waals surface area contributed by atoms with Crippen LogP contribution in [0.25, 0.3) is 11.1 Å². The first-order valence-electron chi connectivity index (χ1n) is 12.3. The van der Waals surface area contributed by atoms with Gasteiger partial charge in [0.05, 0.1) is 24.3 Å². The van der Waals surface area contributed by atoms with Crippen molar-refractivity contribution in [3.8, 4) is 11.1 Å². The first-order valence-corrected chi connectivity index (χ1v) is 12.3. The molecular weight excluding hydrogens is 488 g/mol. The van der Waals surface area contributed by atoms with Crippen LogP contribution < -0.4 is 0 Å². The van der Waals surface area contributed by atoms with E-state index in [0.717, 1.165) is 22.3 Å². The Morgan fingerprint density at radius 1 is 0.868 bits per heavy atom. The van der Waals surface area contributed by atoms with Crippen LogP contribution in [0.2, 0.25) is 0 Å². The highest BCUT2D eigenvalue weighted by molar-refractivity contribution is 6.21. The normalized spacial score (nSPS) is 20.1. The maximum atomic E-state index is 13.1. The summed E-state index contributed by atoms with van der Waals surface area (Å²) in [4.78, 5) is 57.9. The van der Waals surface area contributed by atoms with E-state index in [1.54, 1.807) is 12.1 Å². The second-order valence-electron chi connectivity index (χ2n) is 9.63. The monoisotopic (exact) mass is 512 g/mol. The minimum atomic E-state index is -1.60. The first kappa shape index (κ1) is 23.9. The van der Waals surface area contributed by atoms with E-state index < -0.39 is 29.5 Å². The second kappa shape index (κ2) is 9.11. The molecule has 0 bridgehead atoms. The molecule has 2 aliphatic heterocycles. The summed E-state index contributed by atoms with van der Waals surface area (Å²) in [6, 6.07) is 22.3. The first-order chi connectivity index (χ1) is 18.4. The fourth-order valence-corrected chi connectivity index (χ4v) is 5.26. The Balaban J connectivity index is 1.12. The van der Waals surface area contributed by atoms with Crippen molar-refractivity contribution in [2.24, 2.45) is 0 Å². The minimum Gasteiger partial charge on any atom is -0.448 e. The molecule has 2 heterocycles. The Labute approximate surface area is 218 Å². The molecule has 3 amide bonds. The van der Waals surface area contributed by atoms with Gasteiger partial charge in [0, 0.05) is 12.5 Å². The van der Waals surface area contributed by atoms with Crippen LogP contribution in [0, 0.1) is 0 Å². The molecule has 1 fully saturated rings. The SMILES string of the molecule is CC1(C(=O)ON2C(=O)c3ccccc3C2=O)CN(C(=O)OCC2c3ccccc3-c3ccccc32)CCO1. The van der Waals surface area contributed by atoms with Crippen LogP contribution in [0.1, 0.15) is 44.7 Å². The fourth-order valence-electron chi connectivity index (χ4n) is 5.26. The molecule has 3 aliphatic rings. The van der Waals surface area contributed by atoms with Gasteiger partial charge in [0.15, 0.2) is 5.60 Å². The van der Waals surface area contributed by atoms with Crippen LogP contribution in [0.15, 0.2) is 72.8 Å². The number of nitrogens with zero attached hydrogens (tertiary/aromatic N) is 2. The number of ether oxygens (including phenoxy) is 2.